The van der Waals surface area contributed by atoms with E-state index >= 15 is 0 Å². The van der Waals surface area contributed by atoms with Crippen LogP contribution in [0.25, 0.3) is 0 Å². The van der Waals surface area contributed by atoms with Crippen LogP contribution < -0.4 is 15.1 Å². The number of ether oxygens (including phenoxy) is 2. The average Bonchev–Trinajstić information content (AvgIpc) is 2.89. The van der Waals surface area contributed by atoms with Crippen molar-refractivity contribution in [2.45, 2.75) is 26.2 Å². The van der Waals surface area contributed by atoms with Crippen LogP contribution in [0.15, 0.2) is 36.4 Å². The molecular formula is C25H30N4O6. The molecule has 186 valence electrons. The molecule has 2 heterocycles. The van der Waals surface area contributed by atoms with Gasteiger partial charge in [-0.25, -0.2) is 4.79 Å². The molecule has 1 amide bonds. The quantitative estimate of drug-likeness (QED) is 0.360. The van der Waals surface area contributed by atoms with Gasteiger partial charge in [0.1, 0.15) is 5.69 Å². The van der Waals surface area contributed by atoms with Crippen molar-refractivity contribution < 1.29 is 24.0 Å². The molecule has 0 atom stereocenters. The molecule has 10 nitrogen and oxygen atoms in total. The highest BCUT2D eigenvalue weighted by Gasteiger charge is 2.24. The van der Waals surface area contributed by atoms with Crippen molar-refractivity contribution in [1.29, 1.82) is 0 Å². The number of carbonyl (C=O) groups excluding carboxylic acids is 2. The Hall–Kier alpha value is -3.66. The summed E-state index contributed by atoms with van der Waals surface area (Å²) in [6.45, 7) is 5.90. The summed E-state index contributed by atoms with van der Waals surface area (Å²) >= 11 is 0. The molecule has 0 radical (unpaired) electrons. The van der Waals surface area contributed by atoms with Gasteiger partial charge in [0.15, 0.2) is 0 Å². The molecule has 2 aromatic rings. The third-order valence-electron chi connectivity index (χ3n) is 6.23. The summed E-state index contributed by atoms with van der Waals surface area (Å²) < 4.78 is 10.6. The van der Waals surface area contributed by atoms with Gasteiger partial charge >= 0.3 is 5.97 Å². The number of nitro benzene ring substituents is 1. The van der Waals surface area contributed by atoms with E-state index in [4.69, 9.17) is 9.47 Å². The zero-order valence-electron chi connectivity index (χ0n) is 19.8. The SMILES string of the molecule is CCOC(=O)c1cc(NC(=O)c2ccc(N3CCCCC3)c([N+](=O)[O-])c2)ccc1N1CCOCC1. The fourth-order valence-electron chi connectivity index (χ4n) is 4.48. The molecule has 0 aromatic heterocycles. The lowest BCUT2D eigenvalue weighted by atomic mass is 10.1. The van der Waals surface area contributed by atoms with Gasteiger partial charge in [-0.1, -0.05) is 0 Å². The lowest BCUT2D eigenvalue weighted by Crippen LogP contribution is -2.37. The van der Waals surface area contributed by atoms with Crippen LogP contribution in [0.3, 0.4) is 0 Å². The van der Waals surface area contributed by atoms with Gasteiger partial charge < -0.3 is 24.6 Å². The molecule has 0 saturated carbocycles. The van der Waals surface area contributed by atoms with Crippen LogP contribution in [0.4, 0.5) is 22.7 Å². The van der Waals surface area contributed by atoms with Crippen LogP contribution in [0.1, 0.15) is 46.9 Å². The minimum atomic E-state index is -0.493. The molecule has 2 aliphatic rings. The van der Waals surface area contributed by atoms with Crippen molar-refractivity contribution in [1.82, 2.24) is 0 Å². The molecular weight excluding hydrogens is 452 g/mol. The van der Waals surface area contributed by atoms with Crippen molar-refractivity contribution >= 4 is 34.6 Å². The number of carbonyl (C=O) groups is 2. The number of nitrogens with zero attached hydrogens (tertiary/aromatic N) is 3. The number of rotatable bonds is 7. The largest absolute Gasteiger partial charge is 0.462 e. The number of hydrogen-bond acceptors (Lipinski definition) is 8. The van der Waals surface area contributed by atoms with E-state index in [1.165, 1.54) is 6.07 Å². The predicted molar refractivity (Wildman–Crippen MR) is 133 cm³/mol. The maximum atomic E-state index is 13.0. The summed E-state index contributed by atoms with van der Waals surface area (Å²) in [6.07, 6.45) is 3.09. The molecule has 0 unspecified atom stereocenters. The summed E-state index contributed by atoms with van der Waals surface area (Å²) in [7, 11) is 0. The monoisotopic (exact) mass is 482 g/mol. The van der Waals surface area contributed by atoms with Gasteiger partial charge in [-0.15, -0.1) is 0 Å². The zero-order chi connectivity index (χ0) is 24.8. The van der Waals surface area contributed by atoms with Gasteiger partial charge in [0.25, 0.3) is 11.6 Å². The van der Waals surface area contributed by atoms with E-state index in [-0.39, 0.29) is 17.9 Å². The van der Waals surface area contributed by atoms with E-state index in [1.807, 2.05) is 9.80 Å². The van der Waals surface area contributed by atoms with E-state index in [1.54, 1.807) is 37.3 Å². The minimum absolute atomic E-state index is 0.0885. The molecule has 0 aliphatic carbocycles. The van der Waals surface area contributed by atoms with Crippen molar-refractivity contribution in [3.8, 4) is 0 Å². The van der Waals surface area contributed by atoms with Crippen LogP contribution in [0, 0.1) is 10.1 Å². The fourth-order valence-corrected chi connectivity index (χ4v) is 4.48. The van der Waals surface area contributed by atoms with E-state index in [2.05, 4.69) is 5.32 Å². The van der Waals surface area contributed by atoms with Gasteiger partial charge in [-0.3, -0.25) is 14.9 Å². The third-order valence-corrected chi connectivity index (χ3v) is 6.23. The molecule has 2 fully saturated rings. The van der Waals surface area contributed by atoms with Crippen LogP contribution in [0.2, 0.25) is 0 Å². The average molecular weight is 483 g/mol. The van der Waals surface area contributed by atoms with Gasteiger partial charge in [0.05, 0.1) is 36.0 Å². The normalized spacial score (nSPS) is 16.0. The highest BCUT2D eigenvalue weighted by Crippen LogP contribution is 2.32. The van der Waals surface area contributed by atoms with Crippen molar-refractivity contribution in [2.75, 3.05) is 61.1 Å². The molecule has 10 heteroatoms. The Labute approximate surface area is 203 Å². The number of nitro groups is 1. The topological polar surface area (TPSA) is 114 Å². The Kier molecular flexibility index (Phi) is 7.81. The maximum absolute atomic E-state index is 13.0. The Morgan fingerprint density at radius 3 is 2.37 bits per heavy atom. The Morgan fingerprint density at radius 2 is 1.69 bits per heavy atom. The van der Waals surface area contributed by atoms with E-state index < -0.39 is 16.8 Å². The second-order valence-corrected chi connectivity index (χ2v) is 8.51. The lowest BCUT2D eigenvalue weighted by Gasteiger charge is -2.30. The van der Waals surface area contributed by atoms with Crippen LogP contribution in [0.5, 0.6) is 0 Å². The molecule has 2 aromatic carbocycles. The number of anilines is 3. The summed E-state index contributed by atoms with van der Waals surface area (Å²) in [5.74, 6) is -0.973. The number of morpholine rings is 1. The fraction of sp³-hybridized carbons (Fsp3) is 0.440. The number of piperidine rings is 1. The van der Waals surface area contributed by atoms with E-state index in [0.29, 0.717) is 48.9 Å². The van der Waals surface area contributed by atoms with Gasteiger partial charge in [-0.2, -0.15) is 0 Å². The number of benzene rings is 2. The first-order chi connectivity index (χ1) is 17.0. The highest BCUT2D eigenvalue weighted by atomic mass is 16.6. The number of nitrogens with one attached hydrogen (secondary N) is 1. The molecule has 0 bridgehead atoms. The molecule has 2 saturated heterocycles. The van der Waals surface area contributed by atoms with Gasteiger partial charge in [-0.05, 0) is 56.5 Å². The van der Waals surface area contributed by atoms with Crippen molar-refractivity contribution in [3.63, 3.8) is 0 Å². The lowest BCUT2D eigenvalue weighted by molar-refractivity contribution is -0.384. The zero-order valence-corrected chi connectivity index (χ0v) is 19.8. The van der Waals surface area contributed by atoms with Gasteiger partial charge in [0.2, 0.25) is 0 Å². The van der Waals surface area contributed by atoms with Crippen LogP contribution in [-0.4, -0.2) is 62.8 Å². The van der Waals surface area contributed by atoms with E-state index in [0.717, 1.165) is 32.4 Å². The Bertz CT molecular complexity index is 1090. The van der Waals surface area contributed by atoms with Crippen LogP contribution in [-0.2, 0) is 9.47 Å². The highest BCUT2D eigenvalue weighted by molar-refractivity contribution is 6.06. The summed E-state index contributed by atoms with van der Waals surface area (Å²) in [5.41, 5.74) is 2.08. The Balaban J connectivity index is 1.58. The smallest absolute Gasteiger partial charge is 0.340 e. The summed E-state index contributed by atoms with van der Waals surface area (Å²) in [4.78, 5) is 41.0. The Morgan fingerprint density at radius 1 is 1.00 bits per heavy atom. The van der Waals surface area contributed by atoms with E-state index in [9.17, 15) is 19.7 Å². The molecule has 0 spiro atoms. The number of amides is 1. The predicted octanol–water partition coefficient (Wildman–Crippen LogP) is 3.85. The number of esters is 1. The first-order valence-electron chi connectivity index (χ1n) is 12.0. The molecule has 2 aliphatic heterocycles. The summed E-state index contributed by atoms with van der Waals surface area (Å²) in [6, 6.07) is 9.62. The first-order valence-corrected chi connectivity index (χ1v) is 12.0. The minimum Gasteiger partial charge on any atom is -0.462 e. The standard InChI is InChI=1S/C25H30N4O6/c1-2-35-25(31)20-17-19(7-9-21(20)28-12-14-34-15-13-28)26-24(30)18-6-8-22(23(16-18)29(32)33)27-10-4-3-5-11-27/h6-9,16-17H,2-5,10-15H2,1H3,(H,26,30). The number of hydrogen-bond donors (Lipinski definition) is 1. The summed E-state index contributed by atoms with van der Waals surface area (Å²) in [5, 5.41) is 14.5. The van der Waals surface area contributed by atoms with Crippen molar-refractivity contribution in [2.24, 2.45) is 0 Å². The first kappa shape index (κ1) is 24.5. The second-order valence-electron chi connectivity index (χ2n) is 8.51. The molecule has 4 rings (SSSR count). The molecule has 1 N–H and O–H groups in total. The van der Waals surface area contributed by atoms with Gasteiger partial charge in [0, 0.05) is 43.5 Å². The maximum Gasteiger partial charge on any atom is 0.340 e. The van der Waals surface area contributed by atoms with Crippen LogP contribution >= 0.6 is 0 Å². The van der Waals surface area contributed by atoms with Crippen molar-refractivity contribution in [3.05, 3.63) is 57.6 Å². The second kappa shape index (κ2) is 11.2. The molecule has 35 heavy (non-hydrogen) atoms. The third kappa shape index (κ3) is 5.71.